The number of nitrogens with zero attached hydrogens (tertiary/aromatic N) is 1. The molecule has 0 saturated carbocycles. The second-order valence-electron chi connectivity index (χ2n) is 4.50. The fraction of sp³-hybridized carbons (Fsp3) is 0.833. The lowest BCUT2D eigenvalue weighted by Crippen LogP contribution is -2.31. The minimum Gasteiger partial charge on any atom is -0.314 e. The number of rotatable bonds is 6. The summed E-state index contributed by atoms with van der Waals surface area (Å²) in [4.78, 5) is 2.40. The van der Waals surface area contributed by atoms with Gasteiger partial charge in [-0.15, -0.1) is 6.58 Å². The van der Waals surface area contributed by atoms with Crippen LogP contribution in [0.25, 0.3) is 0 Å². The molecule has 1 aliphatic rings. The molecule has 0 bridgehead atoms. The highest BCUT2D eigenvalue weighted by atomic mass is 15.1. The molecule has 0 aliphatic carbocycles. The van der Waals surface area contributed by atoms with Crippen LogP contribution in [-0.4, -0.2) is 37.6 Å². The van der Waals surface area contributed by atoms with Crippen LogP contribution in [0, 0.1) is 5.92 Å². The lowest BCUT2D eigenvalue weighted by Gasteiger charge is -2.20. The van der Waals surface area contributed by atoms with Crippen LogP contribution in [0.1, 0.15) is 26.2 Å². The van der Waals surface area contributed by atoms with Crippen LogP contribution in [-0.2, 0) is 0 Å². The molecule has 2 nitrogen and oxygen atoms in total. The minimum atomic E-state index is 0.751. The highest BCUT2D eigenvalue weighted by Crippen LogP contribution is 2.17. The van der Waals surface area contributed by atoms with Gasteiger partial charge in [-0.05, 0) is 45.3 Å². The maximum Gasteiger partial charge on any atom is 0.0105 e. The molecule has 1 saturated heterocycles. The van der Waals surface area contributed by atoms with Gasteiger partial charge in [-0.1, -0.05) is 13.0 Å². The molecule has 82 valence electrons. The third-order valence-corrected chi connectivity index (χ3v) is 3.23. The van der Waals surface area contributed by atoms with Gasteiger partial charge in [0, 0.05) is 12.6 Å². The normalized spacial score (nSPS) is 27.1. The lowest BCUT2D eigenvalue weighted by molar-refractivity contribution is 0.304. The summed E-state index contributed by atoms with van der Waals surface area (Å²) in [6, 6.07) is 0.751. The van der Waals surface area contributed by atoms with Crippen molar-refractivity contribution in [2.45, 2.75) is 32.2 Å². The Kier molecular flexibility index (Phi) is 5.20. The molecule has 2 unspecified atom stereocenters. The van der Waals surface area contributed by atoms with Gasteiger partial charge in [0.25, 0.3) is 0 Å². The Hall–Kier alpha value is -0.340. The molecule has 2 atom stereocenters. The van der Waals surface area contributed by atoms with Crippen LogP contribution in [0.3, 0.4) is 0 Å². The van der Waals surface area contributed by atoms with E-state index in [0.29, 0.717) is 0 Å². The maximum atomic E-state index is 3.74. The topological polar surface area (TPSA) is 15.3 Å². The molecule has 0 amide bonds. The first-order valence-electron chi connectivity index (χ1n) is 5.77. The molecular weight excluding hydrogens is 172 g/mol. The average molecular weight is 196 g/mol. The van der Waals surface area contributed by atoms with Crippen LogP contribution in [0.2, 0.25) is 0 Å². The van der Waals surface area contributed by atoms with E-state index in [1.54, 1.807) is 0 Å². The van der Waals surface area contributed by atoms with E-state index in [2.05, 4.69) is 30.8 Å². The standard InChI is InChI=1S/C12H24N2/c1-4-5-9-14(3)10-7-12-11(2)6-8-13-12/h4,11-13H,1,5-10H2,2-3H3. The SMILES string of the molecule is C=CCCN(C)CCC1NCCC1C. The first-order valence-corrected chi connectivity index (χ1v) is 5.77. The summed E-state index contributed by atoms with van der Waals surface area (Å²) in [7, 11) is 2.20. The van der Waals surface area contributed by atoms with Gasteiger partial charge in [0.1, 0.15) is 0 Å². The highest BCUT2D eigenvalue weighted by molar-refractivity contribution is 4.81. The second-order valence-corrected chi connectivity index (χ2v) is 4.50. The predicted octanol–water partition coefficient (Wildman–Crippen LogP) is 1.88. The van der Waals surface area contributed by atoms with Crippen molar-refractivity contribution < 1.29 is 0 Å². The van der Waals surface area contributed by atoms with E-state index in [4.69, 9.17) is 0 Å². The van der Waals surface area contributed by atoms with Crippen molar-refractivity contribution in [1.29, 1.82) is 0 Å². The van der Waals surface area contributed by atoms with Crippen molar-refractivity contribution in [1.82, 2.24) is 10.2 Å². The lowest BCUT2D eigenvalue weighted by atomic mass is 10.0. The van der Waals surface area contributed by atoms with Crippen molar-refractivity contribution in [3.8, 4) is 0 Å². The molecule has 2 heteroatoms. The van der Waals surface area contributed by atoms with Crippen LogP contribution in [0.4, 0.5) is 0 Å². The summed E-state index contributed by atoms with van der Waals surface area (Å²) in [5.41, 5.74) is 0. The average Bonchev–Trinajstić information content (AvgIpc) is 2.58. The van der Waals surface area contributed by atoms with Gasteiger partial charge in [-0.25, -0.2) is 0 Å². The van der Waals surface area contributed by atoms with Gasteiger partial charge in [0.15, 0.2) is 0 Å². The molecule has 0 aromatic rings. The van der Waals surface area contributed by atoms with Crippen molar-refractivity contribution in [2.75, 3.05) is 26.7 Å². The Morgan fingerprint density at radius 3 is 2.86 bits per heavy atom. The van der Waals surface area contributed by atoms with Crippen molar-refractivity contribution in [3.05, 3.63) is 12.7 Å². The molecule has 0 radical (unpaired) electrons. The van der Waals surface area contributed by atoms with E-state index >= 15 is 0 Å². The fourth-order valence-corrected chi connectivity index (χ4v) is 2.07. The molecule has 1 heterocycles. The Morgan fingerprint density at radius 1 is 1.50 bits per heavy atom. The molecule has 1 N–H and O–H groups in total. The Bertz CT molecular complexity index is 168. The van der Waals surface area contributed by atoms with Gasteiger partial charge < -0.3 is 10.2 Å². The summed E-state index contributed by atoms with van der Waals surface area (Å²) in [6.45, 7) is 9.66. The fourth-order valence-electron chi connectivity index (χ4n) is 2.07. The molecule has 0 aromatic heterocycles. The minimum absolute atomic E-state index is 0.751. The van der Waals surface area contributed by atoms with E-state index in [1.807, 2.05) is 6.08 Å². The van der Waals surface area contributed by atoms with Crippen LogP contribution in [0.5, 0.6) is 0 Å². The number of nitrogens with one attached hydrogen (secondary N) is 1. The largest absolute Gasteiger partial charge is 0.314 e. The van der Waals surface area contributed by atoms with E-state index in [0.717, 1.165) is 24.9 Å². The molecule has 1 rings (SSSR count). The first-order chi connectivity index (χ1) is 6.74. The summed E-state index contributed by atoms with van der Waals surface area (Å²) in [5.74, 6) is 0.864. The van der Waals surface area contributed by atoms with Gasteiger partial charge in [0.05, 0.1) is 0 Å². The van der Waals surface area contributed by atoms with E-state index in [-0.39, 0.29) is 0 Å². The summed E-state index contributed by atoms with van der Waals surface area (Å²) in [6.07, 6.45) is 5.73. The van der Waals surface area contributed by atoms with Gasteiger partial charge >= 0.3 is 0 Å². The van der Waals surface area contributed by atoms with Crippen molar-refractivity contribution in [3.63, 3.8) is 0 Å². The van der Waals surface area contributed by atoms with Crippen molar-refractivity contribution >= 4 is 0 Å². The molecule has 0 aromatic carbocycles. The molecule has 14 heavy (non-hydrogen) atoms. The van der Waals surface area contributed by atoms with Crippen LogP contribution < -0.4 is 5.32 Å². The van der Waals surface area contributed by atoms with E-state index < -0.39 is 0 Å². The van der Waals surface area contributed by atoms with Gasteiger partial charge in [-0.3, -0.25) is 0 Å². The third-order valence-electron chi connectivity index (χ3n) is 3.23. The molecule has 1 aliphatic heterocycles. The van der Waals surface area contributed by atoms with E-state index in [1.165, 1.54) is 25.9 Å². The zero-order chi connectivity index (χ0) is 10.4. The zero-order valence-corrected chi connectivity index (χ0v) is 9.63. The highest BCUT2D eigenvalue weighted by Gasteiger charge is 2.22. The van der Waals surface area contributed by atoms with Crippen LogP contribution >= 0.6 is 0 Å². The molecular formula is C12H24N2. The first kappa shape index (κ1) is 11.7. The third kappa shape index (κ3) is 3.81. The zero-order valence-electron chi connectivity index (χ0n) is 9.63. The van der Waals surface area contributed by atoms with Gasteiger partial charge in [-0.2, -0.15) is 0 Å². The quantitative estimate of drug-likeness (QED) is 0.653. The summed E-state index contributed by atoms with van der Waals surface area (Å²) < 4.78 is 0. The Labute approximate surface area is 88.4 Å². The predicted molar refractivity (Wildman–Crippen MR) is 62.5 cm³/mol. The molecule has 1 fully saturated rings. The number of hydrogen-bond acceptors (Lipinski definition) is 2. The van der Waals surface area contributed by atoms with Gasteiger partial charge in [0.2, 0.25) is 0 Å². The maximum absolute atomic E-state index is 3.74. The number of hydrogen-bond donors (Lipinski definition) is 1. The second kappa shape index (κ2) is 6.20. The van der Waals surface area contributed by atoms with Crippen molar-refractivity contribution in [2.24, 2.45) is 5.92 Å². The smallest absolute Gasteiger partial charge is 0.0105 e. The monoisotopic (exact) mass is 196 g/mol. The Balaban J connectivity index is 2.09. The van der Waals surface area contributed by atoms with Crippen LogP contribution in [0.15, 0.2) is 12.7 Å². The summed E-state index contributed by atoms with van der Waals surface area (Å²) >= 11 is 0. The Morgan fingerprint density at radius 2 is 2.29 bits per heavy atom. The summed E-state index contributed by atoms with van der Waals surface area (Å²) in [5, 5.41) is 3.57. The molecule has 0 spiro atoms. The van der Waals surface area contributed by atoms with E-state index in [9.17, 15) is 0 Å².